The van der Waals surface area contributed by atoms with E-state index in [1.165, 1.54) is 0 Å². The molecule has 0 spiro atoms. The molecule has 0 atom stereocenters. The fourth-order valence-corrected chi connectivity index (χ4v) is 1.98. The predicted molar refractivity (Wildman–Crippen MR) is 66.0 cm³/mol. The summed E-state index contributed by atoms with van der Waals surface area (Å²) in [5.41, 5.74) is 1.14. The Hall–Kier alpha value is -1.36. The normalized spacial score (nSPS) is 16.2. The number of anilines is 2. The van der Waals surface area contributed by atoms with E-state index in [4.69, 9.17) is 0 Å². The van der Waals surface area contributed by atoms with Crippen LogP contribution in [-0.2, 0) is 0 Å². The van der Waals surface area contributed by atoms with Gasteiger partial charge < -0.3 is 15.5 Å². The lowest BCUT2D eigenvalue weighted by atomic mass is 10.2. The van der Waals surface area contributed by atoms with E-state index in [0.717, 1.165) is 49.9 Å². The van der Waals surface area contributed by atoms with Gasteiger partial charge in [0.05, 0.1) is 0 Å². The van der Waals surface area contributed by atoms with Crippen LogP contribution in [0.3, 0.4) is 0 Å². The van der Waals surface area contributed by atoms with Gasteiger partial charge in [-0.3, -0.25) is 0 Å². The molecule has 0 bridgehead atoms. The van der Waals surface area contributed by atoms with Crippen molar-refractivity contribution in [2.45, 2.75) is 13.8 Å². The minimum atomic E-state index is 0.888. The maximum Gasteiger partial charge on any atom is 0.137 e. The molecule has 0 amide bonds. The van der Waals surface area contributed by atoms with E-state index >= 15 is 0 Å². The van der Waals surface area contributed by atoms with E-state index in [9.17, 15) is 0 Å². The number of nitrogens with zero attached hydrogens (tertiary/aromatic N) is 3. The highest BCUT2D eigenvalue weighted by atomic mass is 15.2. The van der Waals surface area contributed by atoms with Crippen LogP contribution in [0.15, 0.2) is 6.33 Å². The van der Waals surface area contributed by atoms with E-state index in [0.29, 0.717) is 0 Å². The summed E-state index contributed by atoms with van der Waals surface area (Å²) < 4.78 is 0. The zero-order chi connectivity index (χ0) is 11.4. The smallest absolute Gasteiger partial charge is 0.137 e. The van der Waals surface area contributed by atoms with E-state index in [-0.39, 0.29) is 0 Å². The molecule has 0 aromatic carbocycles. The van der Waals surface area contributed by atoms with Gasteiger partial charge in [0, 0.05) is 38.3 Å². The fourth-order valence-electron chi connectivity index (χ4n) is 1.98. The van der Waals surface area contributed by atoms with Crippen molar-refractivity contribution in [1.29, 1.82) is 0 Å². The van der Waals surface area contributed by atoms with Gasteiger partial charge in [0.15, 0.2) is 0 Å². The Morgan fingerprint density at radius 1 is 1.38 bits per heavy atom. The molecule has 2 rings (SSSR count). The maximum absolute atomic E-state index is 4.39. The number of rotatable bonds is 3. The topological polar surface area (TPSA) is 53.1 Å². The first kappa shape index (κ1) is 11.1. The van der Waals surface area contributed by atoms with E-state index in [2.05, 4.69) is 39.3 Å². The van der Waals surface area contributed by atoms with Gasteiger partial charge in [-0.15, -0.1) is 0 Å². The molecule has 16 heavy (non-hydrogen) atoms. The molecule has 1 aliphatic heterocycles. The van der Waals surface area contributed by atoms with Crippen molar-refractivity contribution in [3.05, 3.63) is 11.9 Å². The number of piperazine rings is 1. The largest absolute Gasteiger partial charge is 0.370 e. The third-order valence-corrected chi connectivity index (χ3v) is 2.82. The van der Waals surface area contributed by atoms with Crippen molar-refractivity contribution in [2.24, 2.45) is 0 Å². The summed E-state index contributed by atoms with van der Waals surface area (Å²) in [6.07, 6.45) is 1.64. The standard InChI is InChI=1S/C11H19N5/c1-3-13-10-9(2)11(15-8-14-10)16-6-4-12-5-7-16/h8,12H,3-7H2,1-2H3,(H,13,14,15). The summed E-state index contributed by atoms with van der Waals surface area (Å²) in [4.78, 5) is 11.0. The highest BCUT2D eigenvalue weighted by molar-refractivity contribution is 5.58. The number of aromatic nitrogens is 2. The van der Waals surface area contributed by atoms with Crippen molar-refractivity contribution >= 4 is 11.6 Å². The molecule has 0 radical (unpaired) electrons. The Labute approximate surface area is 96.3 Å². The highest BCUT2D eigenvalue weighted by Crippen LogP contribution is 2.21. The van der Waals surface area contributed by atoms with Gasteiger partial charge in [-0.05, 0) is 13.8 Å². The minimum Gasteiger partial charge on any atom is -0.370 e. The summed E-state index contributed by atoms with van der Waals surface area (Å²) in [5.74, 6) is 2.01. The summed E-state index contributed by atoms with van der Waals surface area (Å²) in [7, 11) is 0. The lowest BCUT2D eigenvalue weighted by Crippen LogP contribution is -2.44. The molecule has 5 nitrogen and oxygen atoms in total. The van der Waals surface area contributed by atoms with Crippen LogP contribution in [0.4, 0.5) is 11.6 Å². The average molecular weight is 221 g/mol. The molecule has 0 aliphatic carbocycles. The third-order valence-electron chi connectivity index (χ3n) is 2.82. The van der Waals surface area contributed by atoms with Crippen LogP contribution in [0.2, 0.25) is 0 Å². The molecule has 88 valence electrons. The monoisotopic (exact) mass is 221 g/mol. The van der Waals surface area contributed by atoms with Gasteiger partial charge in [-0.1, -0.05) is 0 Å². The summed E-state index contributed by atoms with van der Waals surface area (Å²) in [5, 5.41) is 6.60. The SMILES string of the molecule is CCNc1ncnc(N2CCNCC2)c1C. The Bertz CT molecular complexity index is 346. The number of hydrogen-bond acceptors (Lipinski definition) is 5. The van der Waals surface area contributed by atoms with Crippen LogP contribution < -0.4 is 15.5 Å². The van der Waals surface area contributed by atoms with E-state index in [1.54, 1.807) is 6.33 Å². The number of nitrogens with one attached hydrogen (secondary N) is 2. The van der Waals surface area contributed by atoms with Gasteiger partial charge >= 0.3 is 0 Å². The Morgan fingerprint density at radius 3 is 2.81 bits per heavy atom. The molecule has 1 fully saturated rings. The first-order valence-corrected chi connectivity index (χ1v) is 5.84. The van der Waals surface area contributed by atoms with Gasteiger partial charge in [-0.25, -0.2) is 9.97 Å². The summed E-state index contributed by atoms with van der Waals surface area (Å²) >= 11 is 0. The Morgan fingerprint density at radius 2 is 2.12 bits per heavy atom. The second-order valence-electron chi connectivity index (χ2n) is 3.94. The number of hydrogen-bond donors (Lipinski definition) is 2. The summed E-state index contributed by atoms with van der Waals surface area (Å²) in [6, 6.07) is 0. The summed E-state index contributed by atoms with van der Waals surface area (Å²) in [6.45, 7) is 9.13. The van der Waals surface area contributed by atoms with Gasteiger partial charge in [0.1, 0.15) is 18.0 Å². The van der Waals surface area contributed by atoms with Gasteiger partial charge in [-0.2, -0.15) is 0 Å². The molecule has 0 unspecified atom stereocenters. The van der Waals surface area contributed by atoms with Crippen molar-refractivity contribution in [3.8, 4) is 0 Å². The zero-order valence-electron chi connectivity index (χ0n) is 9.95. The van der Waals surface area contributed by atoms with Crippen molar-refractivity contribution in [3.63, 3.8) is 0 Å². The molecule has 1 aromatic rings. The van der Waals surface area contributed by atoms with Crippen LogP contribution in [0.5, 0.6) is 0 Å². The molecular formula is C11H19N5. The van der Waals surface area contributed by atoms with Crippen LogP contribution in [0.25, 0.3) is 0 Å². The third kappa shape index (κ3) is 2.24. The van der Waals surface area contributed by atoms with Crippen LogP contribution in [-0.4, -0.2) is 42.7 Å². The Kier molecular flexibility index (Phi) is 3.56. The fraction of sp³-hybridized carbons (Fsp3) is 0.636. The molecule has 2 heterocycles. The van der Waals surface area contributed by atoms with Gasteiger partial charge in [0.2, 0.25) is 0 Å². The quantitative estimate of drug-likeness (QED) is 0.784. The second kappa shape index (κ2) is 5.12. The van der Waals surface area contributed by atoms with Crippen molar-refractivity contribution in [1.82, 2.24) is 15.3 Å². The van der Waals surface area contributed by atoms with Gasteiger partial charge in [0.25, 0.3) is 0 Å². The second-order valence-corrected chi connectivity index (χ2v) is 3.94. The first-order valence-electron chi connectivity index (χ1n) is 5.84. The van der Waals surface area contributed by atoms with Crippen LogP contribution in [0.1, 0.15) is 12.5 Å². The lowest BCUT2D eigenvalue weighted by Gasteiger charge is -2.29. The minimum absolute atomic E-state index is 0.888. The molecule has 1 aromatic heterocycles. The molecule has 1 aliphatic rings. The molecule has 5 heteroatoms. The van der Waals surface area contributed by atoms with E-state index in [1.807, 2.05) is 0 Å². The average Bonchev–Trinajstić information content (AvgIpc) is 2.33. The maximum atomic E-state index is 4.39. The van der Waals surface area contributed by atoms with Crippen LogP contribution in [0, 0.1) is 6.92 Å². The molecule has 2 N–H and O–H groups in total. The molecular weight excluding hydrogens is 202 g/mol. The zero-order valence-corrected chi connectivity index (χ0v) is 9.95. The van der Waals surface area contributed by atoms with E-state index < -0.39 is 0 Å². The Balaban J connectivity index is 2.22. The highest BCUT2D eigenvalue weighted by Gasteiger charge is 2.15. The van der Waals surface area contributed by atoms with Crippen molar-refractivity contribution < 1.29 is 0 Å². The molecule has 1 saturated heterocycles. The van der Waals surface area contributed by atoms with Crippen LogP contribution >= 0.6 is 0 Å². The lowest BCUT2D eigenvalue weighted by molar-refractivity contribution is 0.583. The predicted octanol–water partition coefficient (Wildman–Crippen LogP) is 0.626. The first-order chi connectivity index (χ1) is 7.83. The van der Waals surface area contributed by atoms with Crippen molar-refractivity contribution in [2.75, 3.05) is 42.9 Å². The molecule has 0 saturated carbocycles.